The summed E-state index contributed by atoms with van der Waals surface area (Å²) in [6, 6.07) is 6.99. The van der Waals surface area contributed by atoms with Gasteiger partial charge in [0.05, 0.1) is 0 Å². The lowest BCUT2D eigenvalue weighted by Crippen LogP contribution is -2.44. The van der Waals surface area contributed by atoms with Crippen LogP contribution in [0.4, 0.5) is 5.69 Å². The summed E-state index contributed by atoms with van der Waals surface area (Å²) in [6.07, 6.45) is 5.14. The zero-order valence-electron chi connectivity index (χ0n) is 14.9. The SMILES string of the molecule is O=C(Nc1cccc(Cl)c1)c1nnc(C2CCCN(C(=O)C3CCC3)C2)s1. The summed E-state index contributed by atoms with van der Waals surface area (Å²) in [5.41, 5.74) is 0.624. The average Bonchev–Trinajstić information content (AvgIpc) is 3.11. The zero-order chi connectivity index (χ0) is 18.8. The average molecular weight is 405 g/mol. The van der Waals surface area contributed by atoms with Gasteiger partial charge in [-0.1, -0.05) is 35.4 Å². The van der Waals surface area contributed by atoms with Crippen LogP contribution >= 0.6 is 22.9 Å². The Labute approximate surface area is 166 Å². The van der Waals surface area contributed by atoms with Crippen LogP contribution in [-0.2, 0) is 4.79 Å². The number of carbonyl (C=O) groups is 2. The van der Waals surface area contributed by atoms with Crippen LogP contribution in [0.15, 0.2) is 24.3 Å². The van der Waals surface area contributed by atoms with Crippen LogP contribution in [0.1, 0.15) is 52.8 Å². The van der Waals surface area contributed by atoms with E-state index in [0.29, 0.717) is 22.3 Å². The molecule has 0 radical (unpaired) electrons. The first kappa shape index (κ1) is 18.4. The van der Waals surface area contributed by atoms with Gasteiger partial charge in [0.25, 0.3) is 5.91 Å². The number of hydrogen-bond acceptors (Lipinski definition) is 5. The molecule has 1 aromatic heterocycles. The summed E-state index contributed by atoms with van der Waals surface area (Å²) < 4.78 is 0. The Balaban J connectivity index is 1.40. The van der Waals surface area contributed by atoms with E-state index in [9.17, 15) is 9.59 Å². The van der Waals surface area contributed by atoms with Crippen molar-refractivity contribution in [3.8, 4) is 0 Å². The number of benzene rings is 1. The molecule has 142 valence electrons. The molecule has 1 N–H and O–H groups in total. The Morgan fingerprint density at radius 3 is 2.78 bits per heavy atom. The second-order valence-corrected chi connectivity index (χ2v) is 8.61. The first-order valence-corrected chi connectivity index (χ1v) is 10.5. The predicted octanol–water partition coefficient (Wildman–Crippen LogP) is 3.95. The smallest absolute Gasteiger partial charge is 0.286 e. The molecule has 0 bridgehead atoms. The fourth-order valence-electron chi connectivity index (χ4n) is 3.53. The van der Waals surface area contributed by atoms with Crippen LogP contribution in [0.5, 0.6) is 0 Å². The van der Waals surface area contributed by atoms with Gasteiger partial charge in [-0.25, -0.2) is 0 Å². The van der Waals surface area contributed by atoms with Crippen molar-refractivity contribution in [2.24, 2.45) is 5.92 Å². The standard InChI is InChI=1S/C19H21ClN4O2S/c20-14-7-2-8-15(10-14)21-16(25)18-23-22-17(27-18)13-6-3-9-24(11-13)19(26)12-4-1-5-12/h2,7-8,10,12-13H,1,3-6,9,11H2,(H,21,25). The van der Waals surface area contributed by atoms with E-state index in [1.807, 2.05) is 4.90 Å². The van der Waals surface area contributed by atoms with Gasteiger partial charge in [-0.15, -0.1) is 10.2 Å². The van der Waals surface area contributed by atoms with E-state index in [4.69, 9.17) is 11.6 Å². The van der Waals surface area contributed by atoms with E-state index in [2.05, 4.69) is 15.5 Å². The van der Waals surface area contributed by atoms with Crippen molar-refractivity contribution < 1.29 is 9.59 Å². The highest BCUT2D eigenvalue weighted by molar-refractivity contribution is 7.13. The largest absolute Gasteiger partial charge is 0.342 e. The molecule has 2 aliphatic rings. The number of rotatable bonds is 4. The Hall–Kier alpha value is -1.99. The maximum Gasteiger partial charge on any atom is 0.286 e. The van der Waals surface area contributed by atoms with Gasteiger partial charge in [-0.05, 0) is 43.9 Å². The van der Waals surface area contributed by atoms with Crippen LogP contribution < -0.4 is 5.32 Å². The van der Waals surface area contributed by atoms with Gasteiger partial charge < -0.3 is 10.2 Å². The maximum atomic E-state index is 12.5. The molecule has 1 aliphatic carbocycles. The predicted molar refractivity (Wildman–Crippen MR) is 105 cm³/mol. The van der Waals surface area contributed by atoms with E-state index in [-0.39, 0.29) is 23.7 Å². The van der Waals surface area contributed by atoms with E-state index in [0.717, 1.165) is 43.7 Å². The number of nitrogens with zero attached hydrogens (tertiary/aromatic N) is 3. The summed E-state index contributed by atoms with van der Waals surface area (Å²) in [7, 11) is 0. The number of hydrogen-bond donors (Lipinski definition) is 1. The van der Waals surface area contributed by atoms with Crippen molar-refractivity contribution in [3.63, 3.8) is 0 Å². The molecule has 1 atom stereocenters. The van der Waals surface area contributed by atoms with E-state index in [1.165, 1.54) is 11.3 Å². The fourth-order valence-corrected chi connectivity index (χ4v) is 4.59. The third-order valence-corrected chi connectivity index (χ3v) is 6.57. The molecule has 1 saturated heterocycles. The maximum absolute atomic E-state index is 12.5. The van der Waals surface area contributed by atoms with Crippen molar-refractivity contribution in [2.75, 3.05) is 18.4 Å². The van der Waals surface area contributed by atoms with E-state index < -0.39 is 0 Å². The highest BCUT2D eigenvalue weighted by Gasteiger charge is 2.33. The van der Waals surface area contributed by atoms with Gasteiger partial charge in [0.15, 0.2) is 0 Å². The summed E-state index contributed by atoms with van der Waals surface area (Å²) in [6.45, 7) is 1.51. The molecule has 27 heavy (non-hydrogen) atoms. The van der Waals surface area contributed by atoms with Gasteiger partial charge in [0.1, 0.15) is 5.01 Å². The summed E-state index contributed by atoms with van der Waals surface area (Å²) in [4.78, 5) is 26.9. The van der Waals surface area contributed by atoms with E-state index >= 15 is 0 Å². The number of anilines is 1. The van der Waals surface area contributed by atoms with Gasteiger partial charge >= 0.3 is 0 Å². The monoisotopic (exact) mass is 404 g/mol. The van der Waals surface area contributed by atoms with Gasteiger partial charge in [0.2, 0.25) is 10.9 Å². The summed E-state index contributed by atoms with van der Waals surface area (Å²) in [5, 5.41) is 12.8. The molecule has 8 heteroatoms. The topological polar surface area (TPSA) is 75.2 Å². The second-order valence-electron chi connectivity index (χ2n) is 7.16. The van der Waals surface area contributed by atoms with Crippen LogP contribution in [0.2, 0.25) is 5.02 Å². The highest BCUT2D eigenvalue weighted by atomic mass is 35.5. The summed E-state index contributed by atoms with van der Waals surface area (Å²) in [5.74, 6) is 0.374. The minimum absolute atomic E-state index is 0.160. The molecule has 6 nitrogen and oxygen atoms in total. The molecular weight excluding hydrogens is 384 g/mol. The first-order valence-electron chi connectivity index (χ1n) is 9.29. The number of amides is 2. The van der Waals surface area contributed by atoms with Gasteiger partial charge in [-0.2, -0.15) is 0 Å². The Kier molecular flexibility index (Phi) is 5.41. The number of likely N-dealkylation sites (tertiary alicyclic amines) is 1. The molecule has 2 heterocycles. The van der Waals surface area contributed by atoms with Crippen molar-refractivity contribution in [3.05, 3.63) is 39.3 Å². The second kappa shape index (κ2) is 7.94. The highest BCUT2D eigenvalue weighted by Crippen LogP contribution is 2.33. The molecule has 1 aromatic carbocycles. The lowest BCUT2D eigenvalue weighted by Gasteiger charge is -2.36. The van der Waals surface area contributed by atoms with Crippen LogP contribution in [-0.4, -0.2) is 40.0 Å². The molecule has 1 unspecified atom stereocenters. The lowest BCUT2D eigenvalue weighted by atomic mass is 9.83. The normalized spacial score (nSPS) is 20.2. The van der Waals surface area contributed by atoms with Crippen LogP contribution in [0.3, 0.4) is 0 Å². The van der Waals surface area contributed by atoms with Crippen LogP contribution in [0, 0.1) is 5.92 Å². The molecule has 1 aliphatic heterocycles. The number of aromatic nitrogens is 2. The van der Waals surface area contributed by atoms with Crippen LogP contribution in [0.25, 0.3) is 0 Å². The zero-order valence-corrected chi connectivity index (χ0v) is 16.4. The van der Waals surface area contributed by atoms with Crippen molar-refractivity contribution >= 4 is 40.4 Å². The Morgan fingerprint density at radius 2 is 2.04 bits per heavy atom. The lowest BCUT2D eigenvalue weighted by molar-refractivity contribution is -0.139. The van der Waals surface area contributed by atoms with Gasteiger partial charge in [0, 0.05) is 35.6 Å². The molecule has 2 fully saturated rings. The fraction of sp³-hybridized carbons (Fsp3) is 0.474. The Morgan fingerprint density at radius 1 is 1.19 bits per heavy atom. The quantitative estimate of drug-likeness (QED) is 0.837. The number of nitrogens with one attached hydrogen (secondary N) is 1. The van der Waals surface area contributed by atoms with Crippen molar-refractivity contribution in [1.29, 1.82) is 0 Å². The third-order valence-electron chi connectivity index (χ3n) is 5.25. The first-order chi connectivity index (χ1) is 13.1. The molecule has 2 amide bonds. The number of piperidine rings is 1. The Bertz CT molecular complexity index is 852. The molecule has 0 spiro atoms. The summed E-state index contributed by atoms with van der Waals surface area (Å²) >= 11 is 7.25. The minimum Gasteiger partial charge on any atom is -0.342 e. The molecule has 2 aromatic rings. The number of halogens is 1. The van der Waals surface area contributed by atoms with E-state index in [1.54, 1.807) is 24.3 Å². The molecule has 1 saturated carbocycles. The van der Waals surface area contributed by atoms with Gasteiger partial charge in [-0.3, -0.25) is 9.59 Å². The van der Waals surface area contributed by atoms with Crippen molar-refractivity contribution in [2.45, 2.75) is 38.0 Å². The molecule has 4 rings (SSSR count). The third kappa shape index (κ3) is 4.14. The molecular formula is C19H21ClN4O2S. The minimum atomic E-state index is -0.292. The number of carbonyl (C=O) groups excluding carboxylic acids is 2. The van der Waals surface area contributed by atoms with Crippen molar-refractivity contribution in [1.82, 2.24) is 15.1 Å².